The summed E-state index contributed by atoms with van der Waals surface area (Å²) in [5, 5.41) is 2.70. The molecule has 0 bridgehead atoms. The number of benzene rings is 1. The lowest BCUT2D eigenvalue weighted by atomic mass is 10.3. The third kappa shape index (κ3) is 4.55. The first kappa shape index (κ1) is 19.5. The summed E-state index contributed by atoms with van der Waals surface area (Å²) in [6.07, 6.45) is 0. The number of hydrogen-bond donors (Lipinski definition) is 1. The van der Waals surface area contributed by atoms with E-state index in [1.807, 2.05) is 6.07 Å². The highest BCUT2D eigenvalue weighted by atomic mass is 32.2. The molecular formula is C18H21N3O4S2. The van der Waals surface area contributed by atoms with Crippen molar-refractivity contribution < 1.29 is 18.0 Å². The average molecular weight is 408 g/mol. The van der Waals surface area contributed by atoms with Crippen LogP contribution in [-0.4, -0.2) is 55.6 Å². The van der Waals surface area contributed by atoms with Gasteiger partial charge in [0, 0.05) is 38.0 Å². The van der Waals surface area contributed by atoms with E-state index in [9.17, 15) is 18.0 Å². The maximum atomic E-state index is 12.7. The fraction of sp³-hybridized carbons (Fsp3) is 0.333. The topological polar surface area (TPSA) is 86.8 Å². The van der Waals surface area contributed by atoms with E-state index >= 15 is 0 Å². The molecule has 1 aromatic heterocycles. The Kier molecular flexibility index (Phi) is 5.93. The number of carbonyl (C=O) groups is 2. The molecule has 1 aromatic carbocycles. The molecule has 0 saturated carbocycles. The molecule has 0 spiro atoms. The molecule has 1 aliphatic rings. The molecule has 1 aliphatic heterocycles. The van der Waals surface area contributed by atoms with E-state index in [1.165, 1.54) is 22.6 Å². The number of thiophene rings is 1. The predicted molar refractivity (Wildman–Crippen MR) is 103 cm³/mol. The number of rotatable bonds is 5. The van der Waals surface area contributed by atoms with Gasteiger partial charge in [-0.2, -0.15) is 4.31 Å². The Balaban J connectivity index is 1.60. The zero-order chi connectivity index (χ0) is 19.4. The summed E-state index contributed by atoms with van der Waals surface area (Å²) in [6, 6.07) is 11.9. The van der Waals surface area contributed by atoms with Crippen LogP contribution in [0.1, 0.15) is 21.5 Å². The molecule has 7 nitrogen and oxygen atoms in total. The minimum absolute atomic E-state index is 0.106. The number of piperazine rings is 1. The van der Waals surface area contributed by atoms with Gasteiger partial charge in [0.1, 0.15) is 0 Å². The molecule has 0 unspecified atom stereocenters. The summed E-state index contributed by atoms with van der Waals surface area (Å²) in [5.41, 5.74) is 0. The summed E-state index contributed by atoms with van der Waals surface area (Å²) in [5.74, 6) is -0.224. The first-order valence-electron chi connectivity index (χ1n) is 8.55. The molecule has 0 aliphatic carbocycles. The third-order valence-electron chi connectivity index (χ3n) is 4.29. The smallest absolute Gasteiger partial charge is 0.264 e. The largest absolute Gasteiger partial charge is 0.351 e. The highest BCUT2D eigenvalue weighted by Gasteiger charge is 2.30. The van der Waals surface area contributed by atoms with Crippen molar-refractivity contribution in [3.8, 4) is 0 Å². The van der Waals surface area contributed by atoms with Gasteiger partial charge in [-0.05, 0) is 24.3 Å². The van der Waals surface area contributed by atoms with E-state index in [1.54, 1.807) is 41.3 Å². The van der Waals surface area contributed by atoms with Crippen LogP contribution < -0.4 is 5.32 Å². The number of amides is 2. The van der Waals surface area contributed by atoms with Gasteiger partial charge in [-0.1, -0.05) is 18.2 Å². The second-order valence-corrected chi connectivity index (χ2v) is 9.29. The molecule has 3 rings (SSSR count). The Bertz CT molecular complexity index is 917. The van der Waals surface area contributed by atoms with Crippen LogP contribution in [0.5, 0.6) is 0 Å². The molecule has 2 amide bonds. The predicted octanol–water partition coefficient (Wildman–Crippen LogP) is 1.53. The van der Waals surface area contributed by atoms with Crippen molar-refractivity contribution >= 4 is 33.2 Å². The Morgan fingerprint density at radius 1 is 1.04 bits per heavy atom. The Morgan fingerprint density at radius 3 is 2.33 bits per heavy atom. The van der Waals surface area contributed by atoms with Gasteiger partial charge in [0.15, 0.2) is 0 Å². The lowest BCUT2D eigenvalue weighted by molar-refractivity contribution is -0.119. The highest BCUT2D eigenvalue weighted by molar-refractivity contribution is 7.89. The molecule has 144 valence electrons. The van der Waals surface area contributed by atoms with Crippen LogP contribution in [0.4, 0.5) is 0 Å². The molecular weight excluding hydrogens is 386 g/mol. The zero-order valence-electron chi connectivity index (χ0n) is 14.9. The van der Waals surface area contributed by atoms with Crippen molar-refractivity contribution in [2.75, 3.05) is 26.2 Å². The monoisotopic (exact) mass is 407 g/mol. The van der Waals surface area contributed by atoms with Crippen molar-refractivity contribution in [1.82, 2.24) is 14.5 Å². The Labute approximate surface area is 162 Å². The van der Waals surface area contributed by atoms with Crippen LogP contribution >= 0.6 is 11.3 Å². The van der Waals surface area contributed by atoms with Crippen LogP contribution in [0, 0.1) is 0 Å². The lowest BCUT2D eigenvalue weighted by Crippen LogP contribution is -2.50. The van der Waals surface area contributed by atoms with Gasteiger partial charge in [0.05, 0.1) is 16.3 Å². The number of hydrogen-bond acceptors (Lipinski definition) is 5. The first-order chi connectivity index (χ1) is 12.9. The number of sulfonamides is 1. The number of nitrogens with zero attached hydrogens (tertiary/aromatic N) is 2. The van der Waals surface area contributed by atoms with E-state index in [0.29, 0.717) is 24.5 Å². The van der Waals surface area contributed by atoms with Crippen molar-refractivity contribution in [2.45, 2.75) is 18.4 Å². The van der Waals surface area contributed by atoms with Crippen LogP contribution in [0.2, 0.25) is 0 Å². The normalized spacial score (nSPS) is 15.5. The van der Waals surface area contributed by atoms with Crippen LogP contribution in [0.25, 0.3) is 0 Å². The summed E-state index contributed by atoms with van der Waals surface area (Å²) in [7, 11) is -3.53. The van der Waals surface area contributed by atoms with E-state index in [0.717, 1.165) is 4.88 Å². The fourth-order valence-electron chi connectivity index (χ4n) is 2.83. The lowest BCUT2D eigenvalue weighted by Gasteiger charge is -2.33. The maximum Gasteiger partial charge on any atom is 0.264 e. The summed E-state index contributed by atoms with van der Waals surface area (Å²) in [4.78, 5) is 27.1. The van der Waals surface area contributed by atoms with Crippen molar-refractivity contribution in [3.05, 3.63) is 52.2 Å². The molecule has 2 aromatic rings. The van der Waals surface area contributed by atoms with E-state index in [4.69, 9.17) is 0 Å². The molecule has 27 heavy (non-hydrogen) atoms. The number of carbonyl (C=O) groups excluding carboxylic acids is 2. The third-order valence-corrected chi connectivity index (χ3v) is 7.28. The molecule has 1 saturated heterocycles. The first-order valence-corrected chi connectivity index (χ1v) is 10.8. The van der Waals surface area contributed by atoms with Crippen molar-refractivity contribution in [2.24, 2.45) is 0 Å². The standard InChI is InChI=1S/C18H21N3O4S2/c1-14(22)19-13-15-7-8-17(26-15)18(23)20-9-11-21(12-10-20)27(24,25)16-5-3-2-4-6-16/h2-8H,9-13H2,1H3,(H,19,22). The van der Waals surface area contributed by atoms with Crippen molar-refractivity contribution in [3.63, 3.8) is 0 Å². The van der Waals surface area contributed by atoms with Crippen molar-refractivity contribution in [1.29, 1.82) is 0 Å². The molecule has 0 atom stereocenters. The minimum Gasteiger partial charge on any atom is -0.351 e. The van der Waals surface area contributed by atoms with Gasteiger partial charge < -0.3 is 10.2 Å². The van der Waals surface area contributed by atoms with Crippen LogP contribution in [-0.2, 0) is 21.4 Å². The molecule has 1 fully saturated rings. The average Bonchev–Trinajstić information content (AvgIpc) is 3.15. The van der Waals surface area contributed by atoms with E-state index in [2.05, 4.69) is 5.32 Å². The Morgan fingerprint density at radius 2 is 1.70 bits per heavy atom. The van der Waals surface area contributed by atoms with Gasteiger partial charge >= 0.3 is 0 Å². The molecule has 2 heterocycles. The van der Waals surface area contributed by atoms with Gasteiger partial charge in [0.25, 0.3) is 5.91 Å². The van der Waals surface area contributed by atoms with E-state index < -0.39 is 10.0 Å². The maximum absolute atomic E-state index is 12.7. The SMILES string of the molecule is CC(=O)NCc1ccc(C(=O)N2CCN(S(=O)(=O)c3ccccc3)CC2)s1. The fourth-order valence-corrected chi connectivity index (χ4v) is 5.19. The van der Waals surface area contributed by atoms with Gasteiger partial charge in [-0.3, -0.25) is 9.59 Å². The molecule has 0 radical (unpaired) electrons. The van der Waals surface area contributed by atoms with Gasteiger partial charge in [-0.15, -0.1) is 11.3 Å². The van der Waals surface area contributed by atoms with Crippen LogP contribution in [0.15, 0.2) is 47.4 Å². The zero-order valence-corrected chi connectivity index (χ0v) is 16.6. The molecule has 9 heteroatoms. The van der Waals surface area contributed by atoms with Gasteiger partial charge in [0.2, 0.25) is 15.9 Å². The van der Waals surface area contributed by atoms with E-state index in [-0.39, 0.29) is 29.8 Å². The molecule has 1 N–H and O–H groups in total. The van der Waals surface area contributed by atoms with Gasteiger partial charge in [-0.25, -0.2) is 8.42 Å². The second-order valence-electron chi connectivity index (χ2n) is 6.19. The summed E-state index contributed by atoms with van der Waals surface area (Å²) < 4.78 is 26.7. The minimum atomic E-state index is -3.53. The Hall–Kier alpha value is -2.23. The highest BCUT2D eigenvalue weighted by Crippen LogP contribution is 2.21. The quantitative estimate of drug-likeness (QED) is 0.814. The summed E-state index contributed by atoms with van der Waals surface area (Å²) in [6.45, 7) is 3.09. The second kappa shape index (κ2) is 8.20. The summed E-state index contributed by atoms with van der Waals surface area (Å²) >= 11 is 1.34. The number of nitrogens with one attached hydrogen (secondary N) is 1. The van der Waals surface area contributed by atoms with Crippen LogP contribution in [0.3, 0.4) is 0 Å².